The number of aromatic nitrogens is 2. The van der Waals surface area contributed by atoms with E-state index in [0.717, 1.165) is 12.1 Å². The molecule has 3 N–H and O–H groups in total. The van der Waals surface area contributed by atoms with Gasteiger partial charge in [-0.25, -0.2) is 14.4 Å². The average Bonchev–Trinajstić information content (AvgIpc) is 2.89. The zero-order valence-electron chi connectivity index (χ0n) is 22.5. The predicted octanol–water partition coefficient (Wildman–Crippen LogP) is 7.41. The summed E-state index contributed by atoms with van der Waals surface area (Å²) in [6, 6.07) is 10.7. The summed E-state index contributed by atoms with van der Waals surface area (Å²) < 4.78 is 55.0. The third-order valence-electron chi connectivity index (χ3n) is 6.22. The number of rotatable bonds is 6. The minimum absolute atomic E-state index is 0.0710. The molecule has 0 aliphatic carbocycles. The minimum Gasteiger partial charge on any atom is -0.351 e. The number of benzene rings is 3. The molecule has 0 saturated carbocycles. The molecule has 0 spiro atoms. The molecule has 4 aromatic rings. The molecule has 4 rings (SSSR count). The van der Waals surface area contributed by atoms with Gasteiger partial charge in [-0.15, -0.1) is 0 Å². The Hall–Kier alpha value is -4.25. The first-order valence-electron chi connectivity index (χ1n) is 12.4. The number of nitrogens with zero attached hydrogens (tertiary/aromatic N) is 2. The molecule has 0 aliphatic heterocycles. The Kier molecular flexibility index (Phi) is 8.21. The Balaban J connectivity index is 1.66. The van der Waals surface area contributed by atoms with E-state index in [1.807, 2.05) is 0 Å². The van der Waals surface area contributed by atoms with E-state index >= 15 is 4.39 Å². The third kappa shape index (κ3) is 6.57. The Morgan fingerprint density at radius 2 is 1.73 bits per heavy atom. The number of hydrogen-bond donors (Lipinski definition) is 3. The number of aryl methyl sites for hydroxylation is 1. The molecular weight excluding hydrogens is 562 g/mol. The highest BCUT2D eigenvalue weighted by Gasteiger charge is 2.30. The van der Waals surface area contributed by atoms with Gasteiger partial charge in [0.25, 0.3) is 5.91 Å². The Bertz CT molecular complexity index is 1650. The Labute approximate surface area is 238 Å². The molecule has 7 nitrogen and oxygen atoms in total. The van der Waals surface area contributed by atoms with Gasteiger partial charge in [-0.2, -0.15) is 13.2 Å². The maximum Gasteiger partial charge on any atom is 0.416 e. The van der Waals surface area contributed by atoms with Crippen molar-refractivity contribution in [3.63, 3.8) is 0 Å². The van der Waals surface area contributed by atoms with Crippen LogP contribution in [-0.2, 0) is 17.5 Å². The molecule has 1 aromatic heterocycles. The van der Waals surface area contributed by atoms with Crippen LogP contribution in [0.1, 0.15) is 47.8 Å². The maximum atomic E-state index is 15.5. The van der Waals surface area contributed by atoms with Gasteiger partial charge < -0.3 is 16.0 Å². The summed E-state index contributed by atoms with van der Waals surface area (Å²) in [5.41, 5.74) is -0.620. The fourth-order valence-corrected chi connectivity index (χ4v) is 4.19. The molecule has 0 fully saturated rings. The van der Waals surface area contributed by atoms with E-state index in [0.29, 0.717) is 10.9 Å². The van der Waals surface area contributed by atoms with Gasteiger partial charge in [0.15, 0.2) is 0 Å². The van der Waals surface area contributed by atoms with Crippen molar-refractivity contribution in [3.05, 3.63) is 88.0 Å². The van der Waals surface area contributed by atoms with Crippen molar-refractivity contribution in [2.75, 3.05) is 10.6 Å². The summed E-state index contributed by atoms with van der Waals surface area (Å²) in [5.74, 6) is -1.83. The van der Waals surface area contributed by atoms with Crippen LogP contribution in [0.2, 0.25) is 5.02 Å². The largest absolute Gasteiger partial charge is 0.416 e. The van der Waals surface area contributed by atoms with Gasteiger partial charge in [-0.05, 0) is 42.8 Å². The smallest absolute Gasteiger partial charge is 0.351 e. The first-order chi connectivity index (χ1) is 19.2. The summed E-state index contributed by atoms with van der Waals surface area (Å²) in [5, 5.41) is 8.45. The van der Waals surface area contributed by atoms with Gasteiger partial charge >= 0.3 is 6.18 Å². The molecule has 0 aliphatic rings. The Morgan fingerprint density at radius 1 is 1.00 bits per heavy atom. The SMILES string of the molecule is Cc1ccc2c(Nc3cccc(C(F)(F)F)c3)ncnc2c1NC(=O)c1c(Cl)ccc(CNC(=O)C(C)(C)C)c1F. The molecule has 2 amide bonds. The molecule has 41 heavy (non-hydrogen) atoms. The molecule has 0 atom stereocenters. The van der Waals surface area contributed by atoms with Gasteiger partial charge in [0, 0.05) is 28.6 Å². The van der Waals surface area contributed by atoms with Crippen LogP contribution in [0.5, 0.6) is 0 Å². The molecule has 12 heteroatoms. The van der Waals surface area contributed by atoms with Gasteiger partial charge in [0.2, 0.25) is 5.91 Å². The van der Waals surface area contributed by atoms with Crippen LogP contribution in [0.15, 0.2) is 54.9 Å². The number of hydrogen-bond acceptors (Lipinski definition) is 5. The van der Waals surface area contributed by atoms with E-state index in [2.05, 4.69) is 25.9 Å². The number of amides is 2. The summed E-state index contributed by atoms with van der Waals surface area (Å²) in [6.45, 7) is 6.71. The second kappa shape index (κ2) is 11.3. The van der Waals surface area contributed by atoms with Crippen molar-refractivity contribution in [3.8, 4) is 0 Å². The second-order valence-corrected chi connectivity index (χ2v) is 10.8. The van der Waals surface area contributed by atoms with Crippen LogP contribution in [0, 0.1) is 18.2 Å². The monoisotopic (exact) mass is 587 g/mol. The lowest BCUT2D eigenvalue weighted by atomic mass is 9.95. The van der Waals surface area contributed by atoms with Crippen molar-refractivity contribution in [2.45, 2.75) is 40.4 Å². The topological polar surface area (TPSA) is 96.0 Å². The summed E-state index contributed by atoms with van der Waals surface area (Å²) in [7, 11) is 0. The summed E-state index contributed by atoms with van der Waals surface area (Å²) >= 11 is 6.21. The van der Waals surface area contributed by atoms with E-state index in [-0.39, 0.29) is 45.7 Å². The van der Waals surface area contributed by atoms with Crippen LogP contribution in [0.4, 0.5) is 34.8 Å². The van der Waals surface area contributed by atoms with Crippen molar-refractivity contribution in [1.29, 1.82) is 0 Å². The standard InChI is InChI=1S/C29H26ClF4N5O2/c1-15-8-10-19-24(36-14-37-25(19)38-18-7-5-6-17(12-18)29(32,33)34)23(15)39-26(40)21-20(30)11-9-16(22(21)31)13-35-27(41)28(2,3)4/h5-12,14H,13H2,1-4H3,(H,35,41)(H,39,40)(H,36,37,38). The number of carbonyl (C=O) groups excluding carboxylic acids is 2. The zero-order chi connectivity index (χ0) is 30.1. The van der Waals surface area contributed by atoms with Crippen molar-refractivity contribution in [2.24, 2.45) is 5.41 Å². The number of nitrogens with one attached hydrogen (secondary N) is 3. The zero-order valence-corrected chi connectivity index (χ0v) is 23.3. The highest BCUT2D eigenvalue weighted by atomic mass is 35.5. The number of anilines is 3. The number of fused-ring (bicyclic) bond motifs is 1. The van der Waals surface area contributed by atoms with Crippen molar-refractivity contribution in [1.82, 2.24) is 15.3 Å². The van der Waals surface area contributed by atoms with Crippen LogP contribution >= 0.6 is 11.6 Å². The fourth-order valence-electron chi connectivity index (χ4n) is 3.96. The second-order valence-electron chi connectivity index (χ2n) is 10.4. The number of carbonyl (C=O) groups is 2. The normalized spacial score (nSPS) is 11.8. The molecule has 214 valence electrons. The molecule has 1 heterocycles. The lowest BCUT2D eigenvalue weighted by molar-refractivity contribution is -0.137. The van der Waals surface area contributed by atoms with Crippen molar-refractivity contribution >= 4 is 51.5 Å². The van der Waals surface area contributed by atoms with Crippen LogP contribution < -0.4 is 16.0 Å². The van der Waals surface area contributed by atoms with Gasteiger partial charge in [0.1, 0.15) is 18.0 Å². The maximum absolute atomic E-state index is 15.5. The Morgan fingerprint density at radius 3 is 2.41 bits per heavy atom. The predicted molar refractivity (Wildman–Crippen MR) is 150 cm³/mol. The van der Waals surface area contributed by atoms with E-state index in [1.165, 1.54) is 30.6 Å². The van der Waals surface area contributed by atoms with Gasteiger partial charge in [-0.3, -0.25) is 9.59 Å². The minimum atomic E-state index is -4.52. The third-order valence-corrected chi connectivity index (χ3v) is 6.54. The summed E-state index contributed by atoms with van der Waals surface area (Å²) in [6.07, 6.45) is -3.33. The van der Waals surface area contributed by atoms with E-state index < -0.39 is 34.4 Å². The molecule has 0 bridgehead atoms. The van der Waals surface area contributed by atoms with Crippen LogP contribution in [-0.4, -0.2) is 21.8 Å². The lowest BCUT2D eigenvalue weighted by Crippen LogP contribution is -2.34. The van der Waals surface area contributed by atoms with E-state index in [1.54, 1.807) is 39.8 Å². The quantitative estimate of drug-likeness (QED) is 0.204. The molecule has 0 saturated heterocycles. The van der Waals surface area contributed by atoms with Crippen LogP contribution in [0.25, 0.3) is 10.9 Å². The van der Waals surface area contributed by atoms with Crippen molar-refractivity contribution < 1.29 is 27.2 Å². The average molecular weight is 588 g/mol. The highest BCUT2D eigenvalue weighted by molar-refractivity contribution is 6.34. The van der Waals surface area contributed by atoms with E-state index in [9.17, 15) is 22.8 Å². The first kappa shape index (κ1) is 29.7. The van der Waals surface area contributed by atoms with E-state index in [4.69, 9.17) is 11.6 Å². The number of alkyl halides is 3. The molecule has 0 unspecified atom stereocenters. The van der Waals surface area contributed by atoms with Gasteiger partial charge in [-0.1, -0.05) is 50.6 Å². The fraction of sp³-hybridized carbons (Fsp3) is 0.241. The molecule has 0 radical (unpaired) electrons. The molecular formula is C29H26ClF4N5O2. The van der Waals surface area contributed by atoms with Crippen LogP contribution in [0.3, 0.4) is 0 Å². The summed E-state index contributed by atoms with van der Waals surface area (Å²) in [4.78, 5) is 34.0. The first-order valence-corrected chi connectivity index (χ1v) is 12.8. The molecule has 3 aromatic carbocycles. The lowest BCUT2D eigenvalue weighted by Gasteiger charge is -2.18. The highest BCUT2D eigenvalue weighted by Crippen LogP contribution is 2.34. The number of halogens is 5. The van der Waals surface area contributed by atoms with Gasteiger partial charge in [0.05, 0.1) is 27.4 Å².